The van der Waals surface area contributed by atoms with Crippen LogP contribution in [0.3, 0.4) is 0 Å². The second-order valence-electron chi connectivity index (χ2n) is 5.44. The summed E-state index contributed by atoms with van der Waals surface area (Å²) in [7, 11) is 0. The number of nitrogens with one attached hydrogen (secondary N) is 1. The molecule has 0 bridgehead atoms. The lowest BCUT2D eigenvalue weighted by Crippen LogP contribution is -2.12. The van der Waals surface area contributed by atoms with E-state index in [1.165, 1.54) is 6.20 Å². The molecule has 7 heteroatoms. The first kappa shape index (κ1) is 17.5. The second kappa shape index (κ2) is 7.69. The molecule has 1 amide bonds. The Kier molecular flexibility index (Phi) is 5.17. The highest BCUT2D eigenvalue weighted by Crippen LogP contribution is 2.18. The van der Waals surface area contributed by atoms with Crippen LogP contribution in [-0.2, 0) is 4.74 Å². The molecular formula is C19H19N3O4. The SMILES string of the molecule is CCOC(=O)c1cnn2ccc(NC(=O)c3ccc(OCC)cc3)cc12. The largest absolute Gasteiger partial charge is 0.494 e. The van der Waals surface area contributed by atoms with Crippen molar-refractivity contribution in [2.24, 2.45) is 0 Å². The van der Waals surface area contributed by atoms with Gasteiger partial charge in [-0.2, -0.15) is 5.10 Å². The number of rotatable bonds is 6. The van der Waals surface area contributed by atoms with E-state index in [1.54, 1.807) is 54.0 Å². The van der Waals surface area contributed by atoms with E-state index >= 15 is 0 Å². The zero-order chi connectivity index (χ0) is 18.5. The van der Waals surface area contributed by atoms with Crippen molar-refractivity contribution in [2.75, 3.05) is 18.5 Å². The van der Waals surface area contributed by atoms with Gasteiger partial charge in [-0.3, -0.25) is 4.79 Å². The third-order valence-electron chi connectivity index (χ3n) is 3.70. The molecular weight excluding hydrogens is 334 g/mol. The molecule has 26 heavy (non-hydrogen) atoms. The molecule has 0 spiro atoms. The van der Waals surface area contributed by atoms with E-state index in [0.29, 0.717) is 34.7 Å². The van der Waals surface area contributed by atoms with Gasteiger partial charge in [-0.15, -0.1) is 0 Å². The van der Waals surface area contributed by atoms with E-state index in [-0.39, 0.29) is 12.5 Å². The lowest BCUT2D eigenvalue weighted by atomic mass is 10.2. The number of nitrogens with zero attached hydrogens (tertiary/aromatic N) is 2. The molecule has 7 nitrogen and oxygen atoms in total. The lowest BCUT2D eigenvalue weighted by molar-refractivity contribution is 0.0528. The van der Waals surface area contributed by atoms with Crippen LogP contribution in [0.4, 0.5) is 5.69 Å². The number of pyridine rings is 1. The van der Waals surface area contributed by atoms with Gasteiger partial charge in [0.1, 0.15) is 11.3 Å². The predicted molar refractivity (Wildman–Crippen MR) is 96.7 cm³/mol. The van der Waals surface area contributed by atoms with Crippen LogP contribution in [0.25, 0.3) is 5.52 Å². The van der Waals surface area contributed by atoms with Crippen LogP contribution in [-0.4, -0.2) is 34.7 Å². The maximum Gasteiger partial charge on any atom is 0.341 e. The Bertz CT molecular complexity index is 932. The van der Waals surface area contributed by atoms with Crippen molar-refractivity contribution in [1.82, 2.24) is 9.61 Å². The van der Waals surface area contributed by atoms with E-state index in [9.17, 15) is 9.59 Å². The number of anilines is 1. The first-order chi connectivity index (χ1) is 12.6. The first-order valence-corrected chi connectivity index (χ1v) is 8.31. The Balaban J connectivity index is 1.80. The topological polar surface area (TPSA) is 81.9 Å². The Morgan fingerprint density at radius 2 is 1.88 bits per heavy atom. The van der Waals surface area contributed by atoms with E-state index in [4.69, 9.17) is 9.47 Å². The number of ether oxygens (including phenoxy) is 2. The van der Waals surface area contributed by atoms with Gasteiger partial charge in [-0.1, -0.05) is 0 Å². The number of esters is 1. The van der Waals surface area contributed by atoms with Crippen molar-refractivity contribution in [3.05, 3.63) is 59.9 Å². The number of aromatic nitrogens is 2. The number of carbonyl (C=O) groups is 2. The summed E-state index contributed by atoms with van der Waals surface area (Å²) in [6.45, 7) is 4.49. The highest BCUT2D eigenvalue weighted by atomic mass is 16.5. The minimum absolute atomic E-state index is 0.255. The first-order valence-electron chi connectivity index (χ1n) is 8.31. The summed E-state index contributed by atoms with van der Waals surface area (Å²) in [5.41, 5.74) is 1.98. The average Bonchev–Trinajstić information content (AvgIpc) is 3.06. The summed E-state index contributed by atoms with van der Waals surface area (Å²) in [6, 6.07) is 10.3. The zero-order valence-corrected chi connectivity index (χ0v) is 14.6. The smallest absolute Gasteiger partial charge is 0.341 e. The molecule has 1 aromatic carbocycles. The van der Waals surface area contributed by atoms with Crippen LogP contribution in [0.15, 0.2) is 48.8 Å². The standard InChI is InChI=1S/C19H19N3O4/c1-3-25-15-7-5-13(6-8-15)18(23)21-14-9-10-22-17(11-14)16(12-20-22)19(24)26-4-2/h5-12H,3-4H2,1-2H3,(H,21,23). The Morgan fingerprint density at radius 3 is 2.58 bits per heavy atom. The molecule has 3 rings (SSSR count). The molecule has 3 aromatic rings. The number of amides is 1. The van der Waals surface area contributed by atoms with Crippen molar-refractivity contribution < 1.29 is 19.1 Å². The summed E-state index contributed by atoms with van der Waals surface area (Å²) in [6.07, 6.45) is 3.12. The van der Waals surface area contributed by atoms with Gasteiger partial charge in [-0.05, 0) is 50.2 Å². The molecule has 0 saturated carbocycles. The maximum absolute atomic E-state index is 12.4. The molecule has 0 unspecified atom stereocenters. The van der Waals surface area contributed by atoms with E-state index in [1.807, 2.05) is 6.92 Å². The molecule has 2 aromatic heterocycles. The van der Waals surface area contributed by atoms with Crippen LogP contribution in [0.1, 0.15) is 34.6 Å². The Hall–Kier alpha value is -3.35. The molecule has 0 aliphatic carbocycles. The fourth-order valence-electron chi connectivity index (χ4n) is 2.50. The third-order valence-corrected chi connectivity index (χ3v) is 3.70. The molecule has 0 saturated heterocycles. The quantitative estimate of drug-likeness (QED) is 0.689. The van der Waals surface area contributed by atoms with Crippen molar-refractivity contribution in [2.45, 2.75) is 13.8 Å². The lowest BCUT2D eigenvalue weighted by Gasteiger charge is -2.08. The number of benzene rings is 1. The highest BCUT2D eigenvalue weighted by molar-refractivity contribution is 6.05. The average molecular weight is 353 g/mol. The van der Waals surface area contributed by atoms with Gasteiger partial charge in [0.2, 0.25) is 0 Å². The summed E-state index contributed by atoms with van der Waals surface area (Å²) in [4.78, 5) is 24.4. The summed E-state index contributed by atoms with van der Waals surface area (Å²) in [5, 5.41) is 6.93. The zero-order valence-electron chi connectivity index (χ0n) is 14.6. The molecule has 0 fully saturated rings. The van der Waals surface area contributed by atoms with Gasteiger partial charge in [0.25, 0.3) is 5.91 Å². The normalized spacial score (nSPS) is 10.5. The Labute approximate surface area is 150 Å². The molecule has 1 N–H and O–H groups in total. The maximum atomic E-state index is 12.4. The van der Waals surface area contributed by atoms with Crippen molar-refractivity contribution in [3.8, 4) is 5.75 Å². The van der Waals surface area contributed by atoms with Gasteiger partial charge in [-0.25, -0.2) is 9.31 Å². The fraction of sp³-hybridized carbons (Fsp3) is 0.211. The summed E-state index contributed by atoms with van der Waals surface area (Å²) < 4.78 is 11.9. The summed E-state index contributed by atoms with van der Waals surface area (Å²) >= 11 is 0. The van der Waals surface area contributed by atoms with Crippen LogP contribution < -0.4 is 10.1 Å². The van der Waals surface area contributed by atoms with Gasteiger partial charge in [0.15, 0.2) is 0 Å². The number of fused-ring (bicyclic) bond motifs is 1. The van der Waals surface area contributed by atoms with Gasteiger partial charge < -0.3 is 14.8 Å². The molecule has 0 aliphatic heterocycles. The minimum atomic E-state index is -0.447. The van der Waals surface area contributed by atoms with Crippen LogP contribution in [0.2, 0.25) is 0 Å². The Morgan fingerprint density at radius 1 is 1.12 bits per heavy atom. The summed E-state index contributed by atoms with van der Waals surface area (Å²) in [5.74, 6) is 0.0101. The molecule has 0 radical (unpaired) electrons. The third kappa shape index (κ3) is 3.66. The van der Waals surface area contributed by atoms with E-state index in [0.717, 1.165) is 0 Å². The van der Waals surface area contributed by atoms with Crippen LogP contribution in [0.5, 0.6) is 5.75 Å². The molecule has 0 atom stereocenters. The van der Waals surface area contributed by atoms with Gasteiger partial charge >= 0.3 is 5.97 Å². The molecule has 0 aliphatic rings. The van der Waals surface area contributed by atoms with Crippen molar-refractivity contribution >= 4 is 23.1 Å². The molecule has 2 heterocycles. The number of hydrogen-bond acceptors (Lipinski definition) is 5. The van der Waals surface area contributed by atoms with Gasteiger partial charge in [0.05, 0.1) is 24.9 Å². The molecule has 134 valence electrons. The number of hydrogen-bond donors (Lipinski definition) is 1. The predicted octanol–water partition coefficient (Wildman–Crippen LogP) is 3.16. The monoisotopic (exact) mass is 353 g/mol. The van der Waals surface area contributed by atoms with Crippen LogP contribution in [0, 0.1) is 0 Å². The number of carbonyl (C=O) groups excluding carboxylic acids is 2. The van der Waals surface area contributed by atoms with E-state index in [2.05, 4.69) is 10.4 Å². The van der Waals surface area contributed by atoms with E-state index < -0.39 is 5.97 Å². The fourth-order valence-corrected chi connectivity index (χ4v) is 2.50. The second-order valence-corrected chi connectivity index (χ2v) is 5.44. The minimum Gasteiger partial charge on any atom is -0.494 e. The highest BCUT2D eigenvalue weighted by Gasteiger charge is 2.15. The van der Waals surface area contributed by atoms with Crippen LogP contribution >= 0.6 is 0 Å². The van der Waals surface area contributed by atoms with Gasteiger partial charge in [0, 0.05) is 17.4 Å². The van der Waals surface area contributed by atoms with Crippen molar-refractivity contribution in [3.63, 3.8) is 0 Å². The van der Waals surface area contributed by atoms with Crippen molar-refractivity contribution in [1.29, 1.82) is 0 Å².